The van der Waals surface area contributed by atoms with E-state index in [9.17, 15) is 14.9 Å². The van der Waals surface area contributed by atoms with E-state index >= 15 is 0 Å². The van der Waals surface area contributed by atoms with Gasteiger partial charge in [-0.2, -0.15) is 5.10 Å². The highest BCUT2D eigenvalue weighted by Crippen LogP contribution is 2.57. The minimum atomic E-state index is -0.438. The standard InChI is InChI=1S/C19H23N3O3/c23-18(21-20-12-16-3-1-2-4-17(16)22(24)25)19-9-13-5-6-14(10-19)8-15(7-13)11-19/h1-4,12-15H,5-11H2,(H,21,23)/b20-12-/t13-,14+,15?,19?. The molecule has 2 unspecified atom stereocenters. The van der Waals surface area contributed by atoms with Crippen LogP contribution < -0.4 is 5.43 Å². The molecule has 1 aromatic rings. The van der Waals surface area contributed by atoms with E-state index in [1.165, 1.54) is 38.0 Å². The lowest BCUT2D eigenvalue weighted by atomic mass is 9.58. The first kappa shape index (κ1) is 16.2. The maximum atomic E-state index is 12.9. The number of fused-ring (bicyclic) bond motifs is 1. The van der Waals surface area contributed by atoms with Gasteiger partial charge in [0.25, 0.3) is 5.69 Å². The fourth-order valence-corrected chi connectivity index (χ4v) is 5.51. The van der Waals surface area contributed by atoms with Crippen LogP contribution in [-0.4, -0.2) is 17.0 Å². The van der Waals surface area contributed by atoms with E-state index in [4.69, 9.17) is 0 Å². The molecule has 5 rings (SSSR count). The summed E-state index contributed by atoms with van der Waals surface area (Å²) in [7, 11) is 0. The third-order valence-corrected chi connectivity index (χ3v) is 6.34. The van der Waals surface area contributed by atoms with Crippen molar-refractivity contribution < 1.29 is 9.72 Å². The predicted molar refractivity (Wildman–Crippen MR) is 94.1 cm³/mol. The van der Waals surface area contributed by atoms with Gasteiger partial charge in [0.05, 0.1) is 22.1 Å². The first-order valence-corrected chi connectivity index (χ1v) is 9.13. The zero-order valence-electron chi connectivity index (χ0n) is 14.2. The molecular weight excluding hydrogens is 318 g/mol. The molecule has 6 heteroatoms. The Morgan fingerprint density at radius 1 is 1.16 bits per heavy atom. The maximum Gasteiger partial charge on any atom is 0.278 e. The smallest absolute Gasteiger partial charge is 0.273 e. The Morgan fingerprint density at radius 2 is 1.80 bits per heavy atom. The van der Waals surface area contributed by atoms with Gasteiger partial charge in [-0.15, -0.1) is 0 Å². The Hall–Kier alpha value is -2.24. The van der Waals surface area contributed by atoms with E-state index in [2.05, 4.69) is 10.5 Å². The highest BCUT2D eigenvalue weighted by molar-refractivity contribution is 5.88. The third kappa shape index (κ3) is 3.05. The van der Waals surface area contributed by atoms with E-state index in [1.54, 1.807) is 18.2 Å². The van der Waals surface area contributed by atoms with E-state index in [-0.39, 0.29) is 17.0 Å². The monoisotopic (exact) mass is 341 g/mol. The summed E-state index contributed by atoms with van der Waals surface area (Å²) in [4.78, 5) is 23.5. The number of nitro benzene ring substituents is 1. The molecule has 0 radical (unpaired) electrons. The topological polar surface area (TPSA) is 84.6 Å². The Kier molecular flexibility index (Phi) is 4.06. The number of amides is 1. The molecule has 4 aliphatic rings. The van der Waals surface area contributed by atoms with Crippen molar-refractivity contribution in [3.05, 3.63) is 39.9 Å². The second-order valence-electron chi connectivity index (χ2n) is 8.05. The Bertz CT molecular complexity index is 714. The number of nitro groups is 1. The Labute approximate surface area is 146 Å². The normalized spacial score (nSPS) is 33.4. The molecule has 132 valence electrons. The van der Waals surface area contributed by atoms with Gasteiger partial charge in [-0.05, 0) is 55.9 Å². The molecule has 4 fully saturated rings. The summed E-state index contributed by atoms with van der Waals surface area (Å²) in [5, 5.41) is 15.1. The lowest BCUT2D eigenvalue weighted by Gasteiger charge is -2.46. The minimum Gasteiger partial charge on any atom is -0.273 e. The van der Waals surface area contributed by atoms with Gasteiger partial charge in [0.2, 0.25) is 5.91 Å². The minimum absolute atomic E-state index is 0.00336. The van der Waals surface area contributed by atoms with E-state index < -0.39 is 4.92 Å². The summed E-state index contributed by atoms with van der Waals surface area (Å²) >= 11 is 0. The zero-order chi connectivity index (χ0) is 17.4. The van der Waals surface area contributed by atoms with Gasteiger partial charge in [-0.25, -0.2) is 5.43 Å². The summed E-state index contributed by atoms with van der Waals surface area (Å²) in [6.07, 6.45) is 9.40. The highest BCUT2D eigenvalue weighted by atomic mass is 16.6. The van der Waals surface area contributed by atoms with Crippen molar-refractivity contribution >= 4 is 17.8 Å². The number of carbonyl (C=O) groups is 1. The molecule has 0 aromatic heterocycles. The van der Waals surface area contributed by atoms with Crippen LogP contribution in [0.5, 0.6) is 0 Å². The number of rotatable bonds is 4. The number of hydrazone groups is 1. The number of benzene rings is 1. The molecule has 25 heavy (non-hydrogen) atoms. The molecular formula is C19H23N3O3. The van der Waals surface area contributed by atoms with Crippen molar-refractivity contribution in [3.8, 4) is 0 Å². The first-order chi connectivity index (χ1) is 12.1. The lowest BCUT2D eigenvalue weighted by Crippen LogP contribution is -2.47. The summed E-state index contributed by atoms with van der Waals surface area (Å²) < 4.78 is 0. The summed E-state index contributed by atoms with van der Waals surface area (Å²) in [5.41, 5.74) is 2.81. The van der Waals surface area contributed by atoms with E-state index in [1.807, 2.05) is 0 Å². The molecule has 0 saturated heterocycles. The average molecular weight is 341 g/mol. The van der Waals surface area contributed by atoms with Gasteiger partial charge in [0, 0.05) is 6.07 Å². The van der Waals surface area contributed by atoms with Crippen LogP contribution >= 0.6 is 0 Å². The Morgan fingerprint density at radius 3 is 2.48 bits per heavy atom. The second-order valence-corrected chi connectivity index (χ2v) is 8.05. The number of hydrogen-bond donors (Lipinski definition) is 1. The SMILES string of the molecule is O=C(N/N=C\c1ccccc1[N+](=O)[O-])C12CC3C[C@@H](CC[C@@H](C3)C1)C2. The summed E-state index contributed by atoms with van der Waals surface area (Å²) in [5.74, 6) is 2.04. The van der Waals surface area contributed by atoms with Crippen LogP contribution in [0.2, 0.25) is 0 Å². The fraction of sp³-hybridized carbons (Fsp3) is 0.579. The van der Waals surface area contributed by atoms with Crippen LogP contribution in [0.4, 0.5) is 5.69 Å². The van der Waals surface area contributed by atoms with Crippen LogP contribution in [-0.2, 0) is 4.79 Å². The molecule has 4 bridgehead atoms. The highest BCUT2D eigenvalue weighted by Gasteiger charge is 2.52. The van der Waals surface area contributed by atoms with Crippen molar-refractivity contribution in [2.24, 2.45) is 28.3 Å². The van der Waals surface area contributed by atoms with E-state index in [0.29, 0.717) is 23.3 Å². The van der Waals surface area contributed by atoms with Gasteiger partial charge in [-0.3, -0.25) is 14.9 Å². The largest absolute Gasteiger partial charge is 0.278 e. The zero-order valence-corrected chi connectivity index (χ0v) is 14.2. The van der Waals surface area contributed by atoms with Crippen molar-refractivity contribution in [2.45, 2.75) is 44.9 Å². The Balaban J connectivity index is 1.49. The van der Waals surface area contributed by atoms with Gasteiger partial charge >= 0.3 is 0 Å². The van der Waals surface area contributed by atoms with Gasteiger partial charge in [-0.1, -0.05) is 25.0 Å². The van der Waals surface area contributed by atoms with Crippen molar-refractivity contribution in [1.82, 2.24) is 5.43 Å². The number of nitrogens with zero attached hydrogens (tertiary/aromatic N) is 2. The van der Waals surface area contributed by atoms with Crippen molar-refractivity contribution in [3.63, 3.8) is 0 Å². The maximum absolute atomic E-state index is 12.9. The van der Waals surface area contributed by atoms with Crippen LogP contribution in [0.25, 0.3) is 0 Å². The predicted octanol–water partition coefficient (Wildman–Crippen LogP) is 3.65. The fourth-order valence-electron chi connectivity index (χ4n) is 5.51. The molecule has 1 amide bonds. The van der Waals surface area contributed by atoms with Crippen molar-refractivity contribution in [2.75, 3.05) is 0 Å². The quantitative estimate of drug-likeness (QED) is 0.515. The first-order valence-electron chi connectivity index (χ1n) is 9.13. The summed E-state index contributed by atoms with van der Waals surface area (Å²) in [6, 6.07) is 6.41. The molecule has 1 aromatic carbocycles. The molecule has 0 spiro atoms. The van der Waals surface area contributed by atoms with Crippen molar-refractivity contribution in [1.29, 1.82) is 0 Å². The van der Waals surface area contributed by atoms with Crippen LogP contribution in [0.1, 0.15) is 50.5 Å². The molecule has 4 atom stereocenters. The molecule has 0 aliphatic heterocycles. The van der Waals surface area contributed by atoms with E-state index in [0.717, 1.165) is 19.3 Å². The van der Waals surface area contributed by atoms with Crippen LogP contribution in [0.15, 0.2) is 29.4 Å². The number of nitrogens with one attached hydrogen (secondary N) is 1. The molecule has 4 saturated carbocycles. The van der Waals surface area contributed by atoms with Gasteiger partial charge in [0.1, 0.15) is 0 Å². The third-order valence-electron chi connectivity index (χ3n) is 6.34. The molecule has 1 N–H and O–H groups in total. The molecule has 0 heterocycles. The number of carbonyl (C=O) groups excluding carboxylic acids is 1. The molecule has 6 nitrogen and oxygen atoms in total. The van der Waals surface area contributed by atoms with Crippen LogP contribution in [0.3, 0.4) is 0 Å². The van der Waals surface area contributed by atoms with Crippen LogP contribution in [0, 0.1) is 33.3 Å². The number of para-hydroxylation sites is 1. The average Bonchev–Trinajstić information content (AvgIpc) is 2.81. The number of hydrogen-bond acceptors (Lipinski definition) is 4. The second kappa shape index (κ2) is 6.24. The van der Waals surface area contributed by atoms with Gasteiger partial charge in [0.15, 0.2) is 0 Å². The lowest BCUT2D eigenvalue weighted by molar-refractivity contribution is -0.385. The molecule has 4 aliphatic carbocycles. The van der Waals surface area contributed by atoms with Gasteiger partial charge < -0.3 is 0 Å². The summed E-state index contributed by atoms with van der Waals surface area (Å²) in [6.45, 7) is 0.